The van der Waals surface area contributed by atoms with E-state index in [2.05, 4.69) is 15.4 Å². The molecular weight excluding hydrogens is 228 g/mol. The lowest BCUT2D eigenvalue weighted by atomic mass is 9.98. The SMILES string of the molecule is Cc1cc2nc3c(c(=O)n2[nH]1)C[C@@H]1CC[C@@H](C3)N1. The maximum absolute atomic E-state index is 12.5. The summed E-state index contributed by atoms with van der Waals surface area (Å²) in [6.07, 6.45) is 4.09. The number of aromatic amines is 1. The van der Waals surface area contributed by atoms with Crippen LogP contribution in [0.2, 0.25) is 0 Å². The molecule has 2 aliphatic rings. The summed E-state index contributed by atoms with van der Waals surface area (Å²) in [6, 6.07) is 2.89. The van der Waals surface area contributed by atoms with Crippen LogP contribution >= 0.6 is 0 Å². The van der Waals surface area contributed by atoms with Crippen LogP contribution in [0.1, 0.15) is 29.8 Å². The van der Waals surface area contributed by atoms with Gasteiger partial charge in [0.1, 0.15) is 0 Å². The van der Waals surface area contributed by atoms with E-state index in [1.54, 1.807) is 4.52 Å². The second-order valence-corrected chi connectivity index (χ2v) is 5.52. The molecule has 1 saturated heterocycles. The number of hydrogen-bond donors (Lipinski definition) is 2. The maximum Gasteiger partial charge on any atom is 0.276 e. The zero-order valence-electron chi connectivity index (χ0n) is 10.4. The third-order valence-corrected chi connectivity index (χ3v) is 4.15. The summed E-state index contributed by atoms with van der Waals surface area (Å²) in [7, 11) is 0. The van der Waals surface area contributed by atoms with Crippen molar-refractivity contribution in [1.82, 2.24) is 19.9 Å². The van der Waals surface area contributed by atoms with Crippen LogP contribution in [-0.2, 0) is 12.8 Å². The van der Waals surface area contributed by atoms with Gasteiger partial charge in [-0.2, -0.15) is 0 Å². The fourth-order valence-electron chi connectivity index (χ4n) is 3.30. The van der Waals surface area contributed by atoms with E-state index in [0.29, 0.717) is 12.1 Å². The fraction of sp³-hybridized carbons (Fsp3) is 0.538. The average Bonchev–Trinajstić information content (AvgIpc) is 2.84. The van der Waals surface area contributed by atoms with Crippen LogP contribution in [0.5, 0.6) is 0 Å². The molecule has 2 N–H and O–H groups in total. The van der Waals surface area contributed by atoms with Gasteiger partial charge in [0.2, 0.25) is 0 Å². The molecule has 5 nitrogen and oxygen atoms in total. The van der Waals surface area contributed by atoms with Crippen LogP contribution in [0.4, 0.5) is 0 Å². The van der Waals surface area contributed by atoms with Crippen molar-refractivity contribution in [3.05, 3.63) is 33.4 Å². The quantitative estimate of drug-likeness (QED) is 0.711. The van der Waals surface area contributed by atoms with E-state index in [0.717, 1.165) is 35.4 Å². The minimum absolute atomic E-state index is 0.0810. The van der Waals surface area contributed by atoms with Crippen molar-refractivity contribution in [3.8, 4) is 0 Å². The van der Waals surface area contributed by atoms with E-state index in [4.69, 9.17) is 0 Å². The molecule has 0 aliphatic carbocycles. The van der Waals surface area contributed by atoms with Gasteiger partial charge >= 0.3 is 0 Å². The lowest BCUT2D eigenvalue weighted by molar-refractivity contribution is 0.552. The smallest absolute Gasteiger partial charge is 0.276 e. The molecular formula is C13H16N4O. The monoisotopic (exact) mass is 244 g/mol. The summed E-state index contributed by atoms with van der Waals surface area (Å²) >= 11 is 0. The summed E-state index contributed by atoms with van der Waals surface area (Å²) in [4.78, 5) is 17.1. The van der Waals surface area contributed by atoms with Gasteiger partial charge in [-0.3, -0.25) is 9.89 Å². The predicted octanol–water partition coefficient (Wildman–Crippen LogP) is 0.550. The molecule has 18 heavy (non-hydrogen) atoms. The first kappa shape index (κ1) is 10.3. The third kappa shape index (κ3) is 1.37. The van der Waals surface area contributed by atoms with Crippen LogP contribution in [0, 0.1) is 6.92 Å². The van der Waals surface area contributed by atoms with Crippen molar-refractivity contribution in [1.29, 1.82) is 0 Å². The highest BCUT2D eigenvalue weighted by Crippen LogP contribution is 2.24. The molecule has 2 bridgehead atoms. The molecule has 0 spiro atoms. The van der Waals surface area contributed by atoms with Crippen molar-refractivity contribution < 1.29 is 0 Å². The molecule has 0 amide bonds. The Balaban J connectivity index is 1.98. The van der Waals surface area contributed by atoms with Gasteiger partial charge in [-0.15, -0.1) is 0 Å². The van der Waals surface area contributed by atoms with Gasteiger partial charge in [0.25, 0.3) is 5.56 Å². The molecule has 94 valence electrons. The van der Waals surface area contributed by atoms with E-state index < -0.39 is 0 Å². The molecule has 0 aromatic carbocycles. The number of nitrogens with one attached hydrogen (secondary N) is 2. The van der Waals surface area contributed by atoms with Crippen molar-refractivity contribution in [3.63, 3.8) is 0 Å². The van der Waals surface area contributed by atoms with Crippen LogP contribution in [0.3, 0.4) is 0 Å². The van der Waals surface area contributed by atoms with Crippen LogP contribution in [-0.4, -0.2) is 26.7 Å². The summed E-state index contributed by atoms with van der Waals surface area (Å²) in [5.41, 5.74) is 3.69. The molecule has 5 heteroatoms. The first-order valence-corrected chi connectivity index (χ1v) is 6.57. The number of H-pyrrole nitrogens is 1. The van der Waals surface area contributed by atoms with Crippen LogP contribution in [0.25, 0.3) is 5.65 Å². The Morgan fingerprint density at radius 1 is 1.33 bits per heavy atom. The van der Waals surface area contributed by atoms with Gasteiger partial charge in [0.15, 0.2) is 5.65 Å². The highest BCUT2D eigenvalue weighted by molar-refractivity contribution is 5.42. The number of fused-ring (bicyclic) bond motifs is 4. The maximum atomic E-state index is 12.5. The van der Waals surface area contributed by atoms with Gasteiger partial charge in [-0.05, 0) is 26.2 Å². The first-order valence-electron chi connectivity index (χ1n) is 6.57. The van der Waals surface area contributed by atoms with Gasteiger partial charge in [-0.1, -0.05) is 0 Å². The number of hydrogen-bond acceptors (Lipinski definition) is 3. The molecule has 2 aliphatic heterocycles. The zero-order chi connectivity index (χ0) is 12.3. The van der Waals surface area contributed by atoms with E-state index in [9.17, 15) is 4.79 Å². The molecule has 0 unspecified atom stereocenters. The molecule has 4 heterocycles. The topological polar surface area (TPSA) is 62.2 Å². The molecule has 0 saturated carbocycles. The van der Waals surface area contributed by atoms with Gasteiger partial charge in [0, 0.05) is 35.8 Å². The van der Waals surface area contributed by atoms with E-state index in [1.807, 2.05) is 13.0 Å². The Kier molecular flexibility index (Phi) is 1.97. The summed E-state index contributed by atoms with van der Waals surface area (Å²) in [6.45, 7) is 1.95. The zero-order valence-corrected chi connectivity index (χ0v) is 10.4. The highest BCUT2D eigenvalue weighted by Gasteiger charge is 2.31. The predicted molar refractivity (Wildman–Crippen MR) is 67.9 cm³/mol. The number of aromatic nitrogens is 3. The highest BCUT2D eigenvalue weighted by atomic mass is 16.1. The second-order valence-electron chi connectivity index (χ2n) is 5.52. The fourth-order valence-corrected chi connectivity index (χ4v) is 3.30. The minimum atomic E-state index is 0.0810. The minimum Gasteiger partial charge on any atom is -0.311 e. The van der Waals surface area contributed by atoms with Crippen molar-refractivity contribution in [2.75, 3.05) is 0 Å². The normalized spacial score (nSPS) is 26.3. The number of rotatable bonds is 0. The second kappa shape index (κ2) is 3.45. The molecule has 4 rings (SSSR count). The van der Waals surface area contributed by atoms with Crippen molar-refractivity contribution in [2.45, 2.75) is 44.7 Å². The lowest BCUT2D eigenvalue weighted by Gasteiger charge is -2.10. The van der Waals surface area contributed by atoms with Gasteiger partial charge in [0.05, 0.1) is 5.69 Å². The van der Waals surface area contributed by atoms with E-state index in [1.165, 1.54) is 12.8 Å². The third-order valence-electron chi connectivity index (χ3n) is 4.15. The Hall–Kier alpha value is -1.62. The number of nitrogens with zero attached hydrogens (tertiary/aromatic N) is 2. The van der Waals surface area contributed by atoms with Crippen LogP contribution < -0.4 is 10.9 Å². The van der Waals surface area contributed by atoms with Crippen molar-refractivity contribution in [2.24, 2.45) is 0 Å². The van der Waals surface area contributed by atoms with E-state index >= 15 is 0 Å². The molecule has 2 atom stereocenters. The average molecular weight is 244 g/mol. The molecule has 0 radical (unpaired) electrons. The molecule has 1 fully saturated rings. The Morgan fingerprint density at radius 3 is 2.94 bits per heavy atom. The largest absolute Gasteiger partial charge is 0.311 e. The first-order chi connectivity index (χ1) is 8.70. The molecule has 2 aromatic heterocycles. The van der Waals surface area contributed by atoms with E-state index in [-0.39, 0.29) is 5.56 Å². The summed E-state index contributed by atoms with van der Waals surface area (Å²) < 4.78 is 1.58. The summed E-state index contributed by atoms with van der Waals surface area (Å²) in [5, 5.41) is 6.65. The lowest BCUT2D eigenvalue weighted by Crippen LogP contribution is -2.30. The molecule has 2 aromatic rings. The van der Waals surface area contributed by atoms with Gasteiger partial charge < -0.3 is 5.32 Å². The van der Waals surface area contributed by atoms with Crippen LogP contribution in [0.15, 0.2) is 10.9 Å². The van der Waals surface area contributed by atoms with Gasteiger partial charge in [-0.25, -0.2) is 9.50 Å². The standard InChI is InChI=1S/C13H16N4O/c1-7-4-12-15-11-6-9-3-2-8(14-9)5-10(11)13(18)17(12)16-7/h4,8-9,14,16H,2-3,5-6H2,1H3/t8-,9-/m0/s1. The Morgan fingerprint density at radius 2 is 2.11 bits per heavy atom. The summed E-state index contributed by atoms with van der Waals surface area (Å²) in [5.74, 6) is 0. The Labute approximate surface area is 104 Å². The number of aryl methyl sites for hydroxylation is 1. The van der Waals surface area contributed by atoms with Crippen molar-refractivity contribution >= 4 is 5.65 Å². The Bertz CT molecular complexity index is 684.